The van der Waals surface area contributed by atoms with Gasteiger partial charge in [0.25, 0.3) is 0 Å². The summed E-state index contributed by atoms with van der Waals surface area (Å²) in [5.74, 6) is 0.746. The smallest absolute Gasteiger partial charge is 0.0350 e. The number of piperidine rings is 1. The largest absolute Gasteiger partial charge is 0.383 e. The summed E-state index contributed by atoms with van der Waals surface area (Å²) >= 11 is 0. The molecule has 0 radical (unpaired) electrons. The summed E-state index contributed by atoms with van der Waals surface area (Å²) in [4.78, 5) is 2.82. The van der Waals surface area contributed by atoms with Crippen molar-refractivity contribution in [2.45, 2.75) is 117 Å². The van der Waals surface area contributed by atoms with Gasteiger partial charge in [0, 0.05) is 22.7 Å². The molecule has 0 aromatic heterocycles. The number of hydrogen-bond donors (Lipinski definition) is 1. The molecule has 1 aromatic carbocycles. The van der Waals surface area contributed by atoms with Gasteiger partial charge in [-0.05, 0) is 115 Å². The van der Waals surface area contributed by atoms with Crippen LogP contribution in [0.3, 0.4) is 0 Å². The first-order valence-corrected chi connectivity index (χ1v) is 14.3. The molecule has 1 saturated carbocycles. The van der Waals surface area contributed by atoms with Gasteiger partial charge >= 0.3 is 0 Å². The molecule has 2 unspecified atom stereocenters. The third kappa shape index (κ3) is 6.17. The number of likely N-dealkylation sites (tertiary alicyclic amines) is 1. The predicted octanol–water partition coefficient (Wildman–Crippen LogP) is 8.60. The number of allylic oxidation sites excluding steroid dienone is 3. The predicted molar refractivity (Wildman–Crippen MR) is 149 cm³/mol. The van der Waals surface area contributed by atoms with Gasteiger partial charge in [0.2, 0.25) is 0 Å². The van der Waals surface area contributed by atoms with E-state index in [9.17, 15) is 0 Å². The number of fused-ring (bicyclic) bond motifs is 1. The van der Waals surface area contributed by atoms with Crippen LogP contribution < -0.4 is 5.32 Å². The second-order valence-corrected chi connectivity index (χ2v) is 11.9. The minimum atomic E-state index is 0.111. The van der Waals surface area contributed by atoms with Crippen molar-refractivity contribution in [3.63, 3.8) is 0 Å². The monoisotopic (exact) mass is 464 g/mol. The molecule has 2 heteroatoms. The van der Waals surface area contributed by atoms with Gasteiger partial charge in [-0.15, -0.1) is 6.58 Å². The molecule has 2 aliphatic carbocycles. The van der Waals surface area contributed by atoms with Gasteiger partial charge in [-0.3, -0.25) is 4.90 Å². The van der Waals surface area contributed by atoms with Crippen molar-refractivity contribution >= 4 is 0 Å². The van der Waals surface area contributed by atoms with Crippen LogP contribution in [0.15, 0.2) is 48.2 Å². The van der Waals surface area contributed by atoms with Crippen molar-refractivity contribution in [3.05, 3.63) is 59.3 Å². The van der Waals surface area contributed by atoms with Gasteiger partial charge in [0.05, 0.1) is 0 Å². The van der Waals surface area contributed by atoms with E-state index in [4.69, 9.17) is 0 Å². The van der Waals surface area contributed by atoms with Crippen molar-refractivity contribution in [2.75, 3.05) is 13.1 Å². The third-order valence-electron chi connectivity index (χ3n) is 8.46. The minimum Gasteiger partial charge on any atom is -0.383 e. The average molecular weight is 465 g/mol. The van der Waals surface area contributed by atoms with Gasteiger partial charge in [0.1, 0.15) is 0 Å². The van der Waals surface area contributed by atoms with E-state index in [1.165, 1.54) is 70.9 Å². The molecular weight excluding hydrogens is 412 g/mol. The molecule has 2 fully saturated rings. The molecule has 2 nitrogen and oxygen atoms in total. The summed E-state index contributed by atoms with van der Waals surface area (Å²) in [6.45, 7) is 20.1. The first-order chi connectivity index (χ1) is 16.3. The van der Waals surface area contributed by atoms with Gasteiger partial charge in [0.15, 0.2) is 0 Å². The SMILES string of the molecule is C=CCCC(C)(C(NC(C)(C)C)=C1CCC1)C1CCN(C2CCCc3ccccc32)CC1.CC. The van der Waals surface area contributed by atoms with Crippen molar-refractivity contribution in [2.24, 2.45) is 11.3 Å². The standard InChI is InChI=1S/C30H46N2.C2H6/c1-6-7-20-30(5,28(24-14-10-15-24)31-29(2,3)4)25-18-21-32(22-19-25)27-17-11-13-23-12-8-9-16-26(23)27;1-2/h6,8-9,12,16,25,27,31H,1,7,10-11,13-15,17-22H2,2-5H3;1-2H3. The minimum absolute atomic E-state index is 0.111. The fourth-order valence-electron chi connectivity index (χ4n) is 6.50. The molecule has 0 spiro atoms. The van der Waals surface area contributed by atoms with Crippen molar-refractivity contribution in [3.8, 4) is 0 Å². The summed E-state index contributed by atoms with van der Waals surface area (Å²) in [5, 5.41) is 4.02. The number of nitrogens with zero attached hydrogens (tertiary/aromatic N) is 1. The molecule has 3 aliphatic rings. The molecule has 0 amide bonds. The van der Waals surface area contributed by atoms with E-state index in [2.05, 4.69) is 74.8 Å². The zero-order chi connectivity index (χ0) is 24.8. The van der Waals surface area contributed by atoms with E-state index >= 15 is 0 Å². The molecule has 34 heavy (non-hydrogen) atoms. The van der Waals surface area contributed by atoms with Crippen LogP contribution in [0.1, 0.15) is 116 Å². The Balaban J connectivity index is 0.00000158. The van der Waals surface area contributed by atoms with Gasteiger partial charge in [-0.1, -0.05) is 56.7 Å². The number of rotatable bonds is 7. The zero-order valence-corrected chi connectivity index (χ0v) is 23.2. The quantitative estimate of drug-likeness (QED) is 0.406. The third-order valence-corrected chi connectivity index (χ3v) is 8.46. The van der Waals surface area contributed by atoms with Gasteiger partial charge in [-0.25, -0.2) is 0 Å². The van der Waals surface area contributed by atoms with Gasteiger partial charge < -0.3 is 5.32 Å². The molecule has 1 N–H and O–H groups in total. The summed E-state index contributed by atoms with van der Waals surface area (Å²) in [5.41, 5.74) is 6.84. The van der Waals surface area contributed by atoms with E-state index in [0.29, 0.717) is 6.04 Å². The lowest BCUT2D eigenvalue weighted by molar-refractivity contribution is 0.0660. The lowest BCUT2D eigenvalue weighted by Gasteiger charge is -2.49. The number of aryl methyl sites for hydroxylation is 1. The summed E-state index contributed by atoms with van der Waals surface area (Å²) in [6, 6.07) is 9.85. The lowest BCUT2D eigenvalue weighted by atomic mass is 9.64. The zero-order valence-electron chi connectivity index (χ0n) is 23.2. The summed E-state index contributed by atoms with van der Waals surface area (Å²) in [6.07, 6.45) is 15.0. The summed E-state index contributed by atoms with van der Waals surface area (Å²) in [7, 11) is 0. The Morgan fingerprint density at radius 1 is 1.00 bits per heavy atom. The van der Waals surface area contributed by atoms with Crippen LogP contribution in [0.4, 0.5) is 0 Å². The van der Waals surface area contributed by atoms with E-state index in [1.54, 1.807) is 22.4 Å². The van der Waals surface area contributed by atoms with Gasteiger partial charge in [-0.2, -0.15) is 0 Å². The molecule has 1 heterocycles. The Morgan fingerprint density at radius 2 is 1.68 bits per heavy atom. The number of benzene rings is 1. The molecular formula is C32H52N2. The fraction of sp³-hybridized carbons (Fsp3) is 0.688. The highest BCUT2D eigenvalue weighted by Crippen LogP contribution is 2.49. The van der Waals surface area contributed by atoms with Crippen LogP contribution in [0.25, 0.3) is 0 Å². The summed E-state index contributed by atoms with van der Waals surface area (Å²) < 4.78 is 0. The molecule has 190 valence electrons. The Hall–Kier alpha value is -1.54. The Morgan fingerprint density at radius 3 is 2.26 bits per heavy atom. The molecule has 0 bridgehead atoms. The molecule has 1 aliphatic heterocycles. The fourth-order valence-corrected chi connectivity index (χ4v) is 6.50. The number of nitrogens with one attached hydrogen (secondary N) is 1. The van der Waals surface area contributed by atoms with E-state index in [0.717, 1.165) is 12.3 Å². The topological polar surface area (TPSA) is 15.3 Å². The van der Waals surface area contributed by atoms with Crippen LogP contribution in [0.5, 0.6) is 0 Å². The highest BCUT2D eigenvalue weighted by Gasteiger charge is 2.42. The second kappa shape index (κ2) is 11.9. The maximum Gasteiger partial charge on any atom is 0.0350 e. The maximum atomic E-state index is 4.07. The normalized spacial score (nSPS) is 23.0. The van der Waals surface area contributed by atoms with Crippen molar-refractivity contribution < 1.29 is 0 Å². The Kier molecular flexibility index (Phi) is 9.49. The van der Waals surface area contributed by atoms with E-state index < -0.39 is 0 Å². The number of hydrogen-bond acceptors (Lipinski definition) is 2. The van der Waals surface area contributed by atoms with Crippen LogP contribution in [0.2, 0.25) is 0 Å². The van der Waals surface area contributed by atoms with E-state index in [1.807, 2.05) is 13.8 Å². The van der Waals surface area contributed by atoms with Crippen LogP contribution in [0, 0.1) is 11.3 Å². The van der Waals surface area contributed by atoms with Crippen LogP contribution in [-0.2, 0) is 6.42 Å². The highest BCUT2D eigenvalue weighted by molar-refractivity contribution is 5.32. The molecule has 1 aromatic rings. The van der Waals surface area contributed by atoms with Crippen molar-refractivity contribution in [1.29, 1.82) is 0 Å². The molecule has 2 atom stereocenters. The van der Waals surface area contributed by atoms with Crippen molar-refractivity contribution in [1.82, 2.24) is 10.2 Å². The Bertz CT molecular complexity index is 816. The molecule has 1 saturated heterocycles. The highest BCUT2D eigenvalue weighted by atomic mass is 15.2. The average Bonchev–Trinajstić information content (AvgIpc) is 2.81. The molecule has 4 rings (SSSR count). The van der Waals surface area contributed by atoms with Crippen LogP contribution >= 0.6 is 0 Å². The second-order valence-electron chi connectivity index (χ2n) is 11.9. The lowest BCUT2D eigenvalue weighted by Crippen LogP contribution is -2.48. The van der Waals surface area contributed by atoms with Crippen LogP contribution in [-0.4, -0.2) is 23.5 Å². The first-order valence-electron chi connectivity index (χ1n) is 14.3. The van der Waals surface area contributed by atoms with E-state index in [-0.39, 0.29) is 11.0 Å². The first kappa shape index (κ1) is 27.1. The maximum absolute atomic E-state index is 4.07. The Labute approximate surface area is 211 Å².